The van der Waals surface area contributed by atoms with Gasteiger partial charge in [0.2, 0.25) is 0 Å². The molecular weight excluding hydrogens is 168 g/mol. The Morgan fingerprint density at radius 2 is 1.45 bits per heavy atom. The van der Waals surface area contributed by atoms with Crippen LogP contribution in [0.5, 0.6) is 0 Å². The zero-order valence-corrected chi connectivity index (χ0v) is 6.40. The van der Waals surface area contributed by atoms with Gasteiger partial charge in [-0.25, -0.2) is 20.2 Å². The van der Waals surface area contributed by atoms with E-state index in [9.17, 15) is 8.42 Å². The van der Waals surface area contributed by atoms with Gasteiger partial charge >= 0.3 is 0 Å². The van der Waals surface area contributed by atoms with Crippen LogP contribution in [0.2, 0.25) is 0 Å². The molecule has 0 bridgehead atoms. The average molecular weight is 176 g/mol. The largest absolute Gasteiger partial charge is 0.271 e. The van der Waals surface area contributed by atoms with Crippen molar-refractivity contribution in [2.75, 3.05) is 0 Å². The number of nitrogens with zero attached hydrogens (tertiary/aromatic N) is 2. The summed E-state index contributed by atoms with van der Waals surface area (Å²) < 4.78 is 18.4. The van der Waals surface area contributed by atoms with Gasteiger partial charge in [-0.3, -0.25) is 0 Å². The van der Waals surface area contributed by atoms with E-state index in [4.69, 9.17) is 0 Å². The minimum absolute atomic E-state index is 1.50. The predicted octanol–water partition coefficient (Wildman–Crippen LogP) is -1.37. The van der Waals surface area contributed by atoms with Crippen LogP contribution >= 0.6 is 0 Å². The van der Waals surface area contributed by atoms with E-state index in [0.717, 1.165) is 0 Å². The second-order valence-electron chi connectivity index (χ2n) is 1.49. The molecule has 0 amide bonds. The van der Waals surface area contributed by atoms with Crippen LogP contribution in [0.1, 0.15) is 0 Å². The van der Waals surface area contributed by atoms with E-state index in [1.165, 1.54) is 6.33 Å². The van der Waals surface area contributed by atoms with Crippen LogP contribution in [-0.2, 0) is 10.2 Å². The van der Waals surface area contributed by atoms with Crippen LogP contribution in [0.15, 0.2) is 24.8 Å². The number of aromatic nitrogens is 2. The summed E-state index contributed by atoms with van der Waals surface area (Å²) in [5.41, 5.74) is 0. The monoisotopic (exact) mass is 176 g/mol. The Kier molecular flexibility index (Phi) is 4.27. The fourth-order valence-electron chi connectivity index (χ4n) is 0.253. The molecule has 0 unspecified atom stereocenters. The molecule has 0 fully saturated rings. The number of hydrogen-bond acceptors (Lipinski definition) is 4. The SMILES string of the molecule is NS(N)(=O)=O.c1cncnc1. The van der Waals surface area contributed by atoms with E-state index >= 15 is 0 Å². The molecule has 0 aromatic carbocycles. The van der Waals surface area contributed by atoms with Crippen LogP contribution in [0.4, 0.5) is 0 Å². The first-order chi connectivity index (χ1) is 5.00. The van der Waals surface area contributed by atoms with E-state index < -0.39 is 10.2 Å². The van der Waals surface area contributed by atoms with Gasteiger partial charge in [0.05, 0.1) is 0 Å². The van der Waals surface area contributed by atoms with E-state index in [1.54, 1.807) is 18.5 Å². The summed E-state index contributed by atoms with van der Waals surface area (Å²) >= 11 is 0. The number of nitrogens with two attached hydrogens (primary N) is 2. The lowest BCUT2D eigenvalue weighted by molar-refractivity contribution is 0.599. The molecule has 0 aliphatic heterocycles. The predicted molar refractivity (Wildman–Crippen MR) is 39.3 cm³/mol. The third-order valence-corrected chi connectivity index (χ3v) is 0.478. The highest BCUT2D eigenvalue weighted by Crippen LogP contribution is 1.66. The molecule has 1 aromatic heterocycles. The van der Waals surface area contributed by atoms with Crippen LogP contribution in [0.3, 0.4) is 0 Å². The molecule has 0 saturated carbocycles. The van der Waals surface area contributed by atoms with Crippen molar-refractivity contribution in [3.8, 4) is 0 Å². The van der Waals surface area contributed by atoms with Crippen molar-refractivity contribution in [1.29, 1.82) is 0 Å². The molecule has 0 radical (unpaired) electrons. The van der Waals surface area contributed by atoms with Crippen molar-refractivity contribution in [1.82, 2.24) is 9.97 Å². The highest BCUT2D eigenvalue weighted by atomic mass is 32.2. The Bertz CT molecular complexity index is 237. The average Bonchev–Trinajstić information content (AvgIpc) is 1.88. The maximum atomic E-state index is 9.19. The summed E-state index contributed by atoms with van der Waals surface area (Å²) in [7, 11) is -3.67. The van der Waals surface area contributed by atoms with Crippen molar-refractivity contribution in [2.24, 2.45) is 10.3 Å². The Hall–Kier alpha value is -1.05. The van der Waals surface area contributed by atoms with Gasteiger partial charge in [-0.05, 0) is 6.07 Å². The maximum Gasteiger partial charge on any atom is 0.271 e. The van der Waals surface area contributed by atoms with E-state index in [0.29, 0.717) is 0 Å². The van der Waals surface area contributed by atoms with Crippen molar-refractivity contribution < 1.29 is 8.42 Å². The summed E-state index contributed by atoms with van der Waals surface area (Å²) in [6, 6.07) is 1.78. The Labute approximate surface area is 64.5 Å². The molecule has 0 aliphatic carbocycles. The van der Waals surface area contributed by atoms with E-state index in [2.05, 4.69) is 20.2 Å². The first-order valence-electron chi connectivity index (χ1n) is 2.50. The van der Waals surface area contributed by atoms with Gasteiger partial charge in [-0.1, -0.05) is 0 Å². The zero-order chi connectivity index (χ0) is 8.74. The van der Waals surface area contributed by atoms with Crippen molar-refractivity contribution in [2.45, 2.75) is 0 Å². The standard InChI is InChI=1S/C4H4N2.H4N2O2S/c1-2-5-4-6-3-1;1-5(2,3)4/h1-4H;(H4,1,2,3,4). The maximum absolute atomic E-state index is 9.19. The van der Waals surface area contributed by atoms with Crippen molar-refractivity contribution in [3.05, 3.63) is 24.8 Å². The molecule has 6 nitrogen and oxygen atoms in total. The fourth-order valence-corrected chi connectivity index (χ4v) is 0.253. The van der Waals surface area contributed by atoms with Gasteiger partial charge in [-0.2, -0.15) is 8.42 Å². The molecule has 4 N–H and O–H groups in total. The smallest absolute Gasteiger partial charge is 0.245 e. The van der Waals surface area contributed by atoms with Crippen LogP contribution in [0, 0.1) is 0 Å². The first kappa shape index (κ1) is 9.95. The zero-order valence-electron chi connectivity index (χ0n) is 5.58. The van der Waals surface area contributed by atoms with Gasteiger partial charge in [0.25, 0.3) is 10.2 Å². The Morgan fingerprint density at radius 1 is 1.09 bits per heavy atom. The molecule has 1 heterocycles. The third-order valence-electron chi connectivity index (χ3n) is 0.478. The summed E-state index contributed by atoms with van der Waals surface area (Å²) in [5.74, 6) is 0. The molecule has 0 spiro atoms. The molecule has 62 valence electrons. The minimum atomic E-state index is -3.67. The second kappa shape index (κ2) is 4.72. The fraction of sp³-hybridized carbons (Fsp3) is 0. The molecule has 0 aliphatic rings. The number of rotatable bonds is 0. The second-order valence-corrected chi connectivity index (χ2v) is 2.67. The summed E-state index contributed by atoms with van der Waals surface area (Å²) in [5, 5.41) is 8.21. The van der Waals surface area contributed by atoms with Crippen LogP contribution in [-0.4, -0.2) is 18.4 Å². The lowest BCUT2D eigenvalue weighted by Gasteiger charge is -1.72. The molecular formula is C4H8N4O2S. The van der Waals surface area contributed by atoms with Crippen molar-refractivity contribution >= 4 is 10.2 Å². The molecule has 0 atom stereocenters. The van der Waals surface area contributed by atoms with Gasteiger partial charge < -0.3 is 0 Å². The molecule has 11 heavy (non-hydrogen) atoms. The van der Waals surface area contributed by atoms with Gasteiger partial charge in [-0.15, -0.1) is 0 Å². The topological polar surface area (TPSA) is 112 Å². The Morgan fingerprint density at radius 3 is 1.55 bits per heavy atom. The molecule has 1 rings (SSSR count). The molecule has 7 heteroatoms. The molecule has 1 aromatic rings. The van der Waals surface area contributed by atoms with Gasteiger partial charge in [0.15, 0.2) is 0 Å². The summed E-state index contributed by atoms with van der Waals surface area (Å²) in [4.78, 5) is 7.35. The van der Waals surface area contributed by atoms with Crippen LogP contribution < -0.4 is 10.3 Å². The van der Waals surface area contributed by atoms with E-state index in [1.807, 2.05) is 0 Å². The van der Waals surface area contributed by atoms with Crippen LogP contribution in [0.25, 0.3) is 0 Å². The minimum Gasteiger partial charge on any atom is -0.245 e. The lowest BCUT2D eigenvalue weighted by atomic mass is 10.7. The summed E-state index contributed by atoms with van der Waals surface area (Å²) in [6.07, 6.45) is 4.88. The van der Waals surface area contributed by atoms with Gasteiger partial charge in [0, 0.05) is 12.4 Å². The highest BCUT2D eigenvalue weighted by Gasteiger charge is 1.78. The first-order valence-corrected chi connectivity index (χ1v) is 4.11. The van der Waals surface area contributed by atoms with E-state index in [-0.39, 0.29) is 0 Å². The van der Waals surface area contributed by atoms with Crippen molar-refractivity contribution in [3.63, 3.8) is 0 Å². The third kappa shape index (κ3) is 17.6. The Balaban J connectivity index is 0.000000187. The highest BCUT2D eigenvalue weighted by molar-refractivity contribution is 7.86. The normalized spacial score (nSPS) is 9.64. The molecule has 0 saturated heterocycles. The number of hydrogen-bond donors (Lipinski definition) is 2. The van der Waals surface area contributed by atoms with Gasteiger partial charge in [0.1, 0.15) is 6.33 Å². The summed E-state index contributed by atoms with van der Waals surface area (Å²) in [6.45, 7) is 0. The lowest BCUT2D eigenvalue weighted by Crippen LogP contribution is -2.21. The quantitative estimate of drug-likeness (QED) is 0.507.